The lowest BCUT2D eigenvalue weighted by atomic mass is 10.0. The van der Waals surface area contributed by atoms with E-state index in [0.717, 1.165) is 25.6 Å². The Hall–Kier alpha value is -1.80. The lowest BCUT2D eigenvalue weighted by Crippen LogP contribution is -2.50. The van der Waals surface area contributed by atoms with Gasteiger partial charge in [-0.15, -0.1) is 0 Å². The highest BCUT2D eigenvalue weighted by atomic mass is 19.4. The Balaban J connectivity index is 2.27. The molecular weight excluding hydrogens is 311 g/mol. The van der Waals surface area contributed by atoms with E-state index in [-0.39, 0.29) is 23.8 Å². The largest absolute Gasteiger partial charge is 0.465 e. The second-order valence-electron chi connectivity index (χ2n) is 5.54. The van der Waals surface area contributed by atoms with Gasteiger partial charge in [-0.25, -0.2) is 4.79 Å². The van der Waals surface area contributed by atoms with Crippen molar-refractivity contribution in [2.24, 2.45) is 0 Å². The molecule has 128 valence electrons. The number of alkyl halides is 3. The average molecular weight is 331 g/mol. The summed E-state index contributed by atoms with van der Waals surface area (Å²) < 4.78 is 39.9. The Morgan fingerprint density at radius 3 is 2.83 bits per heavy atom. The highest BCUT2D eigenvalue weighted by Crippen LogP contribution is 2.34. The Kier molecular flexibility index (Phi) is 5.48. The van der Waals surface area contributed by atoms with Crippen molar-refractivity contribution in [2.45, 2.75) is 32.1 Å². The van der Waals surface area contributed by atoms with Crippen LogP contribution in [-0.4, -0.2) is 41.8 Å². The number of anilines is 1. The van der Waals surface area contributed by atoms with Gasteiger partial charge in [-0.05, 0) is 24.1 Å². The SMILES string of the molecule is CCC1CNCCN1Cc1ccc(NC(=O)O)cc1C(F)(F)F. The molecule has 8 heteroatoms. The van der Waals surface area contributed by atoms with Crippen molar-refractivity contribution in [3.05, 3.63) is 29.3 Å². The summed E-state index contributed by atoms with van der Waals surface area (Å²) in [6.45, 7) is 4.40. The molecule has 0 spiro atoms. The summed E-state index contributed by atoms with van der Waals surface area (Å²) in [5.74, 6) is 0. The Morgan fingerprint density at radius 1 is 1.48 bits per heavy atom. The molecule has 1 heterocycles. The van der Waals surface area contributed by atoms with Crippen LogP contribution in [0.1, 0.15) is 24.5 Å². The summed E-state index contributed by atoms with van der Waals surface area (Å²) in [7, 11) is 0. The highest BCUT2D eigenvalue weighted by Gasteiger charge is 2.34. The number of rotatable bonds is 4. The van der Waals surface area contributed by atoms with Crippen molar-refractivity contribution in [2.75, 3.05) is 25.0 Å². The zero-order valence-electron chi connectivity index (χ0n) is 12.8. The molecule has 0 aromatic heterocycles. The molecule has 1 aliphatic heterocycles. The van der Waals surface area contributed by atoms with Gasteiger partial charge in [-0.2, -0.15) is 13.2 Å². The molecule has 1 amide bonds. The van der Waals surface area contributed by atoms with Crippen LogP contribution in [-0.2, 0) is 12.7 Å². The number of carboxylic acid groups (broad SMARTS) is 1. The van der Waals surface area contributed by atoms with Gasteiger partial charge in [0, 0.05) is 37.9 Å². The number of carbonyl (C=O) groups is 1. The fourth-order valence-corrected chi connectivity index (χ4v) is 2.81. The number of nitrogens with one attached hydrogen (secondary N) is 2. The maximum Gasteiger partial charge on any atom is 0.416 e. The van der Waals surface area contributed by atoms with E-state index >= 15 is 0 Å². The molecule has 3 N–H and O–H groups in total. The van der Waals surface area contributed by atoms with Crippen molar-refractivity contribution >= 4 is 11.8 Å². The molecule has 1 saturated heterocycles. The normalized spacial score (nSPS) is 19.6. The predicted octanol–water partition coefficient (Wildman–Crippen LogP) is 2.98. The van der Waals surface area contributed by atoms with Crippen LogP contribution in [0.25, 0.3) is 0 Å². The quantitative estimate of drug-likeness (QED) is 0.794. The first-order valence-electron chi connectivity index (χ1n) is 7.46. The Morgan fingerprint density at radius 2 is 2.22 bits per heavy atom. The van der Waals surface area contributed by atoms with E-state index in [9.17, 15) is 18.0 Å². The summed E-state index contributed by atoms with van der Waals surface area (Å²) in [5, 5.41) is 13.8. The van der Waals surface area contributed by atoms with Crippen molar-refractivity contribution in [1.82, 2.24) is 10.2 Å². The van der Waals surface area contributed by atoms with Gasteiger partial charge in [0.05, 0.1) is 5.56 Å². The minimum absolute atomic E-state index is 0.0825. The maximum absolute atomic E-state index is 13.3. The molecule has 1 aromatic rings. The monoisotopic (exact) mass is 331 g/mol. The first-order chi connectivity index (χ1) is 10.8. The van der Waals surface area contributed by atoms with Crippen molar-refractivity contribution in [1.29, 1.82) is 0 Å². The van der Waals surface area contributed by atoms with E-state index in [1.165, 1.54) is 12.1 Å². The molecule has 0 aliphatic carbocycles. The number of nitrogens with zero attached hydrogens (tertiary/aromatic N) is 1. The predicted molar refractivity (Wildman–Crippen MR) is 80.5 cm³/mol. The van der Waals surface area contributed by atoms with Gasteiger partial charge < -0.3 is 10.4 Å². The van der Waals surface area contributed by atoms with Gasteiger partial charge in [0.15, 0.2) is 0 Å². The average Bonchev–Trinajstić information content (AvgIpc) is 2.47. The topological polar surface area (TPSA) is 64.6 Å². The van der Waals surface area contributed by atoms with E-state index in [1.807, 2.05) is 17.1 Å². The van der Waals surface area contributed by atoms with Crippen molar-refractivity contribution in [3.8, 4) is 0 Å². The summed E-state index contributed by atoms with van der Waals surface area (Å²) in [6.07, 6.45) is -5.06. The maximum atomic E-state index is 13.3. The number of amides is 1. The van der Waals surface area contributed by atoms with Crippen LogP contribution in [0.2, 0.25) is 0 Å². The fraction of sp³-hybridized carbons (Fsp3) is 0.533. The van der Waals surface area contributed by atoms with Crippen LogP contribution in [0.5, 0.6) is 0 Å². The lowest BCUT2D eigenvalue weighted by molar-refractivity contribution is -0.138. The van der Waals surface area contributed by atoms with E-state index < -0.39 is 17.8 Å². The van der Waals surface area contributed by atoms with E-state index in [2.05, 4.69) is 5.32 Å². The molecule has 0 saturated carbocycles. The van der Waals surface area contributed by atoms with Crippen molar-refractivity contribution in [3.63, 3.8) is 0 Å². The molecule has 1 aliphatic rings. The number of hydrogen-bond acceptors (Lipinski definition) is 3. The number of halogens is 3. The summed E-state index contributed by atoms with van der Waals surface area (Å²) in [4.78, 5) is 12.6. The van der Waals surface area contributed by atoms with Gasteiger partial charge in [0.25, 0.3) is 0 Å². The molecule has 1 fully saturated rings. The first-order valence-corrected chi connectivity index (χ1v) is 7.46. The second-order valence-corrected chi connectivity index (χ2v) is 5.54. The molecule has 0 bridgehead atoms. The van der Waals surface area contributed by atoms with E-state index in [0.29, 0.717) is 6.54 Å². The molecule has 5 nitrogen and oxygen atoms in total. The highest BCUT2D eigenvalue weighted by molar-refractivity contribution is 5.83. The molecule has 0 radical (unpaired) electrons. The van der Waals surface area contributed by atoms with Gasteiger partial charge in [-0.1, -0.05) is 13.0 Å². The molecule has 2 rings (SSSR count). The third-order valence-corrected chi connectivity index (χ3v) is 3.98. The second kappa shape index (κ2) is 7.18. The zero-order valence-corrected chi connectivity index (χ0v) is 12.8. The van der Waals surface area contributed by atoms with E-state index in [4.69, 9.17) is 5.11 Å². The molecule has 1 atom stereocenters. The van der Waals surface area contributed by atoms with Gasteiger partial charge in [-0.3, -0.25) is 10.2 Å². The Bertz CT molecular complexity index is 563. The van der Waals surface area contributed by atoms with Crippen LogP contribution in [0, 0.1) is 0 Å². The smallest absolute Gasteiger partial charge is 0.416 e. The van der Waals surface area contributed by atoms with Crippen LogP contribution in [0.15, 0.2) is 18.2 Å². The summed E-state index contributed by atoms with van der Waals surface area (Å²) >= 11 is 0. The van der Waals surface area contributed by atoms with E-state index in [1.54, 1.807) is 0 Å². The first kappa shape index (κ1) is 17.6. The zero-order chi connectivity index (χ0) is 17.0. The standard InChI is InChI=1S/C15H20F3N3O2/c1-2-12-8-19-5-6-21(12)9-10-3-4-11(20-14(22)23)7-13(10)15(16,17)18/h3-4,7,12,19-20H,2,5-6,8-9H2,1H3,(H,22,23). The number of piperazine rings is 1. The lowest BCUT2D eigenvalue weighted by Gasteiger charge is -2.36. The van der Waals surface area contributed by atoms with Gasteiger partial charge >= 0.3 is 12.3 Å². The minimum atomic E-state index is -4.53. The van der Waals surface area contributed by atoms with Crippen LogP contribution < -0.4 is 10.6 Å². The van der Waals surface area contributed by atoms with Crippen LogP contribution in [0.3, 0.4) is 0 Å². The molecular formula is C15H20F3N3O2. The molecule has 23 heavy (non-hydrogen) atoms. The summed E-state index contributed by atoms with van der Waals surface area (Å²) in [6, 6.07) is 3.76. The van der Waals surface area contributed by atoms with Crippen LogP contribution in [0.4, 0.5) is 23.7 Å². The minimum Gasteiger partial charge on any atom is -0.465 e. The number of benzene rings is 1. The third-order valence-electron chi connectivity index (χ3n) is 3.98. The molecule has 1 unspecified atom stereocenters. The van der Waals surface area contributed by atoms with Crippen molar-refractivity contribution < 1.29 is 23.1 Å². The number of hydrogen-bond donors (Lipinski definition) is 3. The van der Waals surface area contributed by atoms with Gasteiger partial charge in [0.2, 0.25) is 0 Å². The van der Waals surface area contributed by atoms with Crippen LogP contribution >= 0.6 is 0 Å². The van der Waals surface area contributed by atoms with Gasteiger partial charge in [0.1, 0.15) is 0 Å². The third kappa shape index (κ3) is 4.59. The fourth-order valence-electron chi connectivity index (χ4n) is 2.81. The summed E-state index contributed by atoms with van der Waals surface area (Å²) in [5.41, 5.74) is -0.716. The molecule has 1 aromatic carbocycles. The Labute approximate surface area is 132 Å².